The molecular formula is C11H15N3OS2. The minimum Gasteiger partial charge on any atom is -0.355 e. The Morgan fingerprint density at radius 3 is 3.06 bits per heavy atom. The molecule has 2 rings (SSSR count). The van der Waals surface area contributed by atoms with E-state index in [0.717, 1.165) is 39.4 Å². The van der Waals surface area contributed by atoms with E-state index in [1.54, 1.807) is 0 Å². The highest BCUT2D eigenvalue weighted by Crippen LogP contribution is 2.21. The fourth-order valence-corrected chi connectivity index (χ4v) is 3.24. The Morgan fingerprint density at radius 1 is 1.47 bits per heavy atom. The van der Waals surface area contributed by atoms with Crippen molar-refractivity contribution < 1.29 is 5.11 Å². The lowest BCUT2D eigenvalue weighted by Crippen LogP contribution is -2.14. The number of aromatic nitrogens is 2. The van der Waals surface area contributed by atoms with Crippen LogP contribution in [0.3, 0.4) is 0 Å². The molecule has 0 aliphatic carbocycles. The van der Waals surface area contributed by atoms with Crippen molar-refractivity contribution in [1.82, 2.24) is 14.5 Å². The van der Waals surface area contributed by atoms with Gasteiger partial charge in [-0.05, 0) is 31.7 Å². The predicted molar refractivity (Wildman–Crippen MR) is 76.6 cm³/mol. The van der Waals surface area contributed by atoms with Gasteiger partial charge in [-0.2, -0.15) is 11.4 Å². The van der Waals surface area contributed by atoms with Crippen molar-refractivity contribution in [1.29, 1.82) is 0 Å². The molecule has 0 atom stereocenters. The van der Waals surface area contributed by atoms with Crippen LogP contribution in [0.25, 0.3) is 10.2 Å². The van der Waals surface area contributed by atoms with Crippen LogP contribution in [0, 0.1) is 0 Å². The molecule has 0 saturated heterocycles. The third-order valence-electron chi connectivity index (χ3n) is 2.32. The largest absolute Gasteiger partial charge is 0.355 e. The molecule has 1 heterocycles. The molecule has 0 aliphatic rings. The zero-order valence-electron chi connectivity index (χ0n) is 9.79. The number of thiol groups is 1. The summed E-state index contributed by atoms with van der Waals surface area (Å²) < 4.78 is 4.87. The fourth-order valence-electron chi connectivity index (χ4n) is 1.42. The van der Waals surface area contributed by atoms with Crippen LogP contribution in [0.2, 0.25) is 0 Å². The van der Waals surface area contributed by atoms with Crippen LogP contribution in [0.4, 0.5) is 0 Å². The van der Waals surface area contributed by atoms with Crippen LogP contribution in [-0.4, -0.2) is 51.0 Å². The maximum absolute atomic E-state index is 10.1. The van der Waals surface area contributed by atoms with E-state index in [2.05, 4.69) is 14.5 Å². The van der Waals surface area contributed by atoms with E-state index in [-0.39, 0.29) is 0 Å². The minimum absolute atomic E-state index is 0.406. The molecule has 0 spiro atoms. The van der Waals surface area contributed by atoms with Crippen LogP contribution >= 0.6 is 22.9 Å². The highest BCUT2D eigenvalue weighted by atomic mass is 32.1. The summed E-state index contributed by atoms with van der Waals surface area (Å²) in [4.78, 5) is 2.11. The first-order chi connectivity index (χ1) is 8.18. The van der Waals surface area contributed by atoms with Gasteiger partial charge in [-0.3, -0.25) is 0 Å². The van der Waals surface area contributed by atoms with Gasteiger partial charge in [0.1, 0.15) is 10.6 Å². The third-order valence-corrected chi connectivity index (χ3v) is 4.06. The Morgan fingerprint density at radius 2 is 2.29 bits per heavy atom. The number of hydrogen-bond acceptors (Lipinski definition) is 4. The van der Waals surface area contributed by atoms with Crippen molar-refractivity contribution in [3.63, 3.8) is 0 Å². The molecule has 0 bridgehead atoms. The summed E-state index contributed by atoms with van der Waals surface area (Å²) in [6.45, 7) is 0.961. The number of fused-ring (bicyclic) bond motifs is 1. The quantitative estimate of drug-likeness (QED) is 0.656. The summed E-state index contributed by atoms with van der Waals surface area (Å²) in [7, 11) is 4.06. The molecule has 17 heavy (non-hydrogen) atoms. The molecule has 0 fully saturated rings. The van der Waals surface area contributed by atoms with E-state index >= 15 is 0 Å². The summed E-state index contributed by atoms with van der Waals surface area (Å²) in [5.41, 5.74) is 1.71. The zero-order valence-corrected chi connectivity index (χ0v) is 11.5. The van der Waals surface area contributed by atoms with Crippen LogP contribution in [0.15, 0.2) is 18.2 Å². The normalized spacial score (nSPS) is 13.1. The molecule has 1 aromatic carbocycles. The van der Waals surface area contributed by atoms with E-state index in [9.17, 15) is 5.11 Å². The molecular weight excluding hydrogens is 254 g/mol. The van der Waals surface area contributed by atoms with Gasteiger partial charge in [0.05, 0.1) is 4.70 Å². The van der Waals surface area contributed by atoms with Crippen molar-refractivity contribution in [3.8, 4) is 0 Å². The Balaban J connectivity index is 2.24. The topological polar surface area (TPSA) is 49.2 Å². The maximum Gasteiger partial charge on any atom is 0.106 e. The first-order valence-corrected chi connectivity index (χ1v) is 7.13. The molecule has 92 valence electrons. The second kappa shape index (κ2) is 5.68. The van der Waals surface area contributed by atoms with Gasteiger partial charge in [0.2, 0.25) is 0 Å². The standard InChI is InChI=1S/C11H15N3OS2/c1-14(2)6-7-16-11(15)8-4-3-5-9-10(8)17-13-12-9/h3-5,15-16H,6-7H2,1-2H3. The molecule has 4 nitrogen and oxygen atoms in total. The number of aliphatic hydroxyl groups is 1. The molecule has 0 amide bonds. The number of hydrogen-bond donors (Lipinski definition) is 2. The van der Waals surface area contributed by atoms with Crippen LogP contribution in [0.5, 0.6) is 0 Å². The SMILES string of the molecule is CN(C)CC[SH]=C(O)c1cccc2nnsc12. The van der Waals surface area contributed by atoms with Crippen molar-refractivity contribution in [2.75, 3.05) is 26.4 Å². The summed E-state index contributed by atoms with van der Waals surface area (Å²) in [6, 6.07) is 5.73. The van der Waals surface area contributed by atoms with Gasteiger partial charge < -0.3 is 10.0 Å². The van der Waals surface area contributed by atoms with Crippen molar-refractivity contribution in [3.05, 3.63) is 23.8 Å². The molecule has 2 aromatic rings. The second-order valence-electron chi connectivity index (χ2n) is 3.94. The first kappa shape index (κ1) is 12.6. The van der Waals surface area contributed by atoms with Crippen LogP contribution in [-0.2, 0) is 0 Å². The number of nitrogens with zero attached hydrogens (tertiary/aromatic N) is 3. The van der Waals surface area contributed by atoms with Crippen LogP contribution < -0.4 is 0 Å². The Labute approximate surface area is 108 Å². The van der Waals surface area contributed by atoms with Crippen LogP contribution in [0.1, 0.15) is 5.56 Å². The Bertz CT molecular complexity index is 536. The van der Waals surface area contributed by atoms with Gasteiger partial charge in [-0.25, -0.2) is 0 Å². The Hall–Kier alpha value is -0.820. The lowest BCUT2D eigenvalue weighted by Gasteiger charge is -2.07. The first-order valence-electron chi connectivity index (χ1n) is 5.28. The van der Waals surface area contributed by atoms with E-state index in [1.807, 2.05) is 32.3 Å². The second-order valence-corrected chi connectivity index (χ2v) is 5.88. The average Bonchev–Trinajstić information content (AvgIpc) is 2.75. The maximum atomic E-state index is 10.1. The molecule has 0 unspecified atom stereocenters. The number of benzene rings is 1. The lowest BCUT2D eigenvalue weighted by atomic mass is 10.2. The highest BCUT2D eigenvalue weighted by Gasteiger charge is 2.07. The van der Waals surface area contributed by atoms with E-state index < -0.39 is 0 Å². The lowest BCUT2D eigenvalue weighted by molar-refractivity contribution is 0.437. The van der Waals surface area contributed by atoms with Gasteiger partial charge in [-0.1, -0.05) is 16.6 Å². The van der Waals surface area contributed by atoms with Gasteiger partial charge in [0.25, 0.3) is 0 Å². The molecule has 1 N–H and O–H groups in total. The van der Waals surface area contributed by atoms with Gasteiger partial charge >= 0.3 is 0 Å². The third kappa shape index (κ3) is 3.10. The van der Waals surface area contributed by atoms with E-state index in [1.165, 1.54) is 11.5 Å². The molecule has 0 radical (unpaired) electrons. The summed E-state index contributed by atoms with van der Waals surface area (Å²) in [5.74, 6) is 0.918. The summed E-state index contributed by atoms with van der Waals surface area (Å²) >= 11 is 2.27. The van der Waals surface area contributed by atoms with E-state index in [4.69, 9.17) is 0 Å². The minimum atomic E-state index is 0.406. The fraction of sp³-hybridized carbons (Fsp3) is 0.364. The van der Waals surface area contributed by atoms with Crippen molar-refractivity contribution in [2.45, 2.75) is 0 Å². The van der Waals surface area contributed by atoms with Gasteiger partial charge in [0, 0.05) is 17.9 Å². The van der Waals surface area contributed by atoms with Crippen molar-refractivity contribution in [2.24, 2.45) is 0 Å². The Kier molecular flexibility index (Phi) is 4.22. The number of aliphatic hydroxyl groups excluding tert-OH is 1. The van der Waals surface area contributed by atoms with Gasteiger partial charge in [0.15, 0.2) is 0 Å². The monoisotopic (exact) mass is 269 g/mol. The number of rotatable bonds is 4. The molecule has 0 saturated carbocycles. The zero-order chi connectivity index (χ0) is 12.3. The van der Waals surface area contributed by atoms with E-state index in [0.29, 0.717) is 5.05 Å². The average molecular weight is 269 g/mol. The smallest absolute Gasteiger partial charge is 0.106 e. The predicted octanol–water partition coefficient (Wildman–Crippen LogP) is 1.75. The molecule has 0 aliphatic heterocycles. The summed E-state index contributed by atoms with van der Waals surface area (Å²) in [6.07, 6.45) is 0. The molecule has 6 heteroatoms. The van der Waals surface area contributed by atoms with Crippen molar-refractivity contribution >= 4 is 38.2 Å². The highest BCUT2D eigenvalue weighted by molar-refractivity contribution is 7.98. The van der Waals surface area contributed by atoms with Gasteiger partial charge in [-0.15, -0.1) is 5.10 Å². The summed E-state index contributed by atoms with van der Waals surface area (Å²) in [5, 5.41) is 14.5. The molecule has 1 aromatic heterocycles.